The third kappa shape index (κ3) is 4.52. The predicted octanol–water partition coefficient (Wildman–Crippen LogP) is 4.64. The molecule has 1 aliphatic rings. The van der Waals surface area contributed by atoms with Gasteiger partial charge in [0.2, 0.25) is 0 Å². The molecule has 2 aromatic carbocycles. The molecule has 1 unspecified atom stereocenters. The summed E-state index contributed by atoms with van der Waals surface area (Å²) in [4.78, 5) is 5.39. The van der Waals surface area contributed by atoms with Gasteiger partial charge in [-0.1, -0.05) is 47.1 Å². The summed E-state index contributed by atoms with van der Waals surface area (Å²) in [6.07, 6.45) is -3.81. The largest absolute Gasteiger partial charge is 0.416 e. The maximum Gasteiger partial charge on any atom is 0.416 e. The van der Waals surface area contributed by atoms with Gasteiger partial charge < -0.3 is 10.2 Å². The van der Waals surface area contributed by atoms with Crippen LogP contribution in [0.25, 0.3) is 0 Å². The quantitative estimate of drug-likeness (QED) is 0.834. The number of alkyl halides is 3. The van der Waals surface area contributed by atoms with E-state index in [1.54, 1.807) is 6.07 Å². The molecule has 1 N–H and O–H groups in total. The van der Waals surface area contributed by atoms with Gasteiger partial charge in [0.25, 0.3) is 0 Å². The molecule has 2 aromatic rings. The van der Waals surface area contributed by atoms with Crippen LogP contribution in [0.4, 0.5) is 13.2 Å². The van der Waals surface area contributed by atoms with Crippen molar-refractivity contribution >= 4 is 17.3 Å². The Kier molecular flexibility index (Phi) is 5.30. The number of hydrogen-bond donors (Lipinski definition) is 1. The number of oxime groups is 1. The number of hydrogen-bond acceptors (Lipinski definition) is 3. The Labute approximate surface area is 148 Å². The Balaban J connectivity index is 1.47. The molecule has 0 aromatic heterocycles. The van der Waals surface area contributed by atoms with Crippen molar-refractivity contribution in [2.45, 2.75) is 25.2 Å². The van der Waals surface area contributed by atoms with Gasteiger partial charge in [0.05, 0.1) is 11.3 Å². The predicted molar refractivity (Wildman–Crippen MR) is 90.6 cm³/mol. The van der Waals surface area contributed by atoms with Crippen molar-refractivity contribution in [1.29, 1.82) is 0 Å². The van der Waals surface area contributed by atoms with Crippen molar-refractivity contribution in [3.8, 4) is 0 Å². The van der Waals surface area contributed by atoms with Crippen LogP contribution >= 0.6 is 11.6 Å². The minimum atomic E-state index is -4.31. The normalized spacial score (nSPS) is 17.3. The zero-order valence-corrected chi connectivity index (χ0v) is 13.9. The van der Waals surface area contributed by atoms with E-state index in [2.05, 4.69) is 10.5 Å². The van der Waals surface area contributed by atoms with Crippen LogP contribution in [-0.2, 0) is 17.6 Å². The number of nitrogens with one attached hydrogen (secondary N) is 1. The number of benzene rings is 2. The van der Waals surface area contributed by atoms with Crippen LogP contribution in [0.1, 0.15) is 23.1 Å². The van der Waals surface area contributed by atoms with E-state index >= 15 is 0 Å². The highest BCUT2D eigenvalue weighted by Crippen LogP contribution is 2.29. The molecule has 1 aliphatic heterocycles. The summed E-state index contributed by atoms with van der Waals surface area (Å²) in [5.41, 5.74) is 1.78. The summed E-state index contributed by atoms with van der Waals surface area (Å²) in [5.74, 6) is 0. The van der Waals surface area contributed by atoms with E-state index in [1.165, 1.54) is 12.1 Å². The molecule has 0 radical (unpaired) electrons. The van der Waals surface area contributed by atoms with E-state index < -0.39 is 11.7 Å². The second kappa shape index (κ2) is 7.45. The third-order valence-corrected chi connectivity index (χ3v) is 4.23. The van der Waals surface area contributed by atoms with Crippen molar-refractivity contribution in [3.05, 3.63) is 70.2 Å². The molecule has 25 heavy (non-hydrogen) atoms. The monoisotopic (exact) mass is 368 g/mol. The molecule has 3 rings (SSSR count). The topological polar surface area (TPSA) is 33.6 Å². The minimum Gasteiger partial charge on any atom is -0.390 e. The first-order valence-electron chi connectivity index (χ1n) is 7.78. The SMILES string of the molecule is FC(F)(F)c1ccc(CNCC2CC(c3ccccc3Cl)=NO2)cc1. The van der Waals surface area contributed by atoms with Crippen molar-refractivity contribution < 1.29 is 18.0 Å². The average Bonchev–Trinajstić information content (AvgIpc) is 3.03. The van der Waals surface area contributed by atoms with Crippen LogP contribution in [0.5, 0.6) is 0 Å². The summed E-state index contributed by atoms with van der Waals surface area (Å²) >= 11 is 6.15. The third-order valence-electron chi connectivity index (χ3n) is 3.90. The van der Waals surface area contributed by atoms with Gasteiger partial charge in [-0.15, -0.1) is 0 Å². The molecule has 0 fully saturated rings. The molecule has 0 saturated carbocycles. The van der Waals surface area contributed by atoms with E-state index in [1.807, 2.05) is 18.2 Å². The molecule has 132 valence electrons. The molecule has 0 spiro atoms. The number of nitrogens with zero attached hydrogens (tertiary/aromatic N) is 1. The highest BCUT2D eigenvalue weighted by Gasteiger charge is 2.30. The molecule has 0 aliphatic carbocycles. The maximum absolute atomic E-state index is 12.5. The molecular formula is C18H16ClF3N2O. The summed E-state index contributed by atoms with van der Waals surface area (Å²) < 4.78 is 37.6. The lowest BCUT2D eigenvalue weighted by Gasteiger charge is -2.11. The van der Waals surface area contributed by atoms with Crippen molar-refractivity contribution in [2.24, 2.45) is 5.16 Å². The van der Waals surface area contributed by atoms with Crippen LogP contribution in [-0.4, -0.2) is 18.4 Å². The average molecular weight is 369 g/mol. The van der Waals surface area contributed by atoms with Crippen LogP contribution in [0.2, 0.25) is 5.02 Å². The molecule has 0 saturated heterocycles. The van der Waals surface area contributed by atoms with Crippen molar-refractivity contribution in [1.82, 2.24) is 5.32 Å². The molecule has 0 bridgehead atoms. The second-order valence-corrected chi connectivity index (χ2v) is 6.18. The Morgan fingerprint density at radius 2 is 1.84 bits per heavy atom. The Morgan fingerprint density at radius 1 is 1.12 bits per heavy atom. The Bertz CT molecular complexity index is 760. The molecule has 7 heteroatoms. The summed E-state index contributed by atoms with van der Waals surface area (Å²) in [7, 11) is 0. The van der Waals surface area contributed by atoms with E-state index in [4.69, 9.17) is 16.4 Å². The lowest BCUT2D eigenvalue weighted by molar-refractivity contribution is -0.137. The Hall–Kier alpha value is -2.05. The first-order chi connectivity index (χ1) is 11.9. The molecule has 1 heterocycles. The van der Waals surface area contributed by atoms with E-state index in [0.717, 1.165) is 29.0 Å². The number of halogens is 4. The summed E-state index contributed by atoms with van der Waals surface area (Å²) in [6.45, 7) is 0.998. The van der Waals surface area contributed by atoms with Gasteiger partial charge in [0, 0.05) is 30.1 Å². The van der Waals surface area contributed by atoms with Gasteiger partial charge in [0.15, 0.2) is 0 Å². The van der Waals surface area contributed by atoms with Gasteiger partial charge in [0.1, 0.15) is 6.10 Å². The van der Waals surface area contributed by atoms with Gasteiger partial charge in [-0.25, -0.2) is 0 Å². The first-order valence-corrected chi connectivity index (χ1v) is 8.16. The summed E-state index contributed by atoms with van der Waals surface area (Å²) in [5, 5.41) is 7.88. The zero-order valence-electron chi connectivity index (χ0n) is 13.2. The fourth-order valence-electron chi connectivity index (χ4n) is 2.58. The lowest BCUT2D eigenvalue weighted by atomic mass is 10.0. The highest BCUT2D eigenvalue weighted by atomic mass is 35.5. The maximum atomic E-state index is 12.5. The number of rotatable bonds is 5. The molecular weight excluding hydrogens is 353 g/mol. The van der Waals surface area contributed by atoms with E-state index in [-0.39, 0.29) is 6.10 Å². The minimum absolute atomic E-state index is 0.124. The van der Waals surface area contributed by atoms with Crippen molar-refractivity contribution in [2.75, 3.05) is 6.54 Å². The fraction of sp³-hybridized carbons (Fsp3) is 0.278. The van der Waals surface area contributed by atoms with E-state index in [9.17, 15) is 13.2 Å². The molecule has 1 atom stereocenters. The van der Waals surface area contributed by atoms with Crippen LogP contribution in [0.3, 0.4) is 0 Å². The molecule has 0 amide bonds. The van der Waals surface area contributed by atoms with Crippen LogP contribution in [0.15, 0.2) is 53.7 Å². The smallest absolute Gasteiger partial charge is 0.390 e. The zero-order chi connectivity index (χ0) is 17.9. The highest BCUT2D eigenvalue weighted by molar-refractivity contribution is 6.34. The van der Waals surface area contributed by atoms with Crippen molar-refractivity contribution in [3.63, 3.8) is 0 Å². The van der Waals surface area contributed by atoms with Gasteiger partial charge in [-0.2, -0.15) is 13.2 Å². The van der Waals surface area contributed by atoms with E-state index in [0.29, 0.717) is 24.5 Å². The Morgan fingerprint density at radius 3 is 2.52 bits per heavy atom. The summed E-state index contributed by atoms with van der Waals surface area (Å²) in [6, 6.07) is 12.5. The lowest BCUT2D eigenvalue weighted by Crippen LogP contribution is -2.26. The standard InChI is InChI=1S/C18H16ClF3N2O/c19-16-4-2-1-3-15(16)17-9-14(25-24-17)11-23-10-12-5-7-13(8-6-12)18(20,21)22/h1-8,14,23H,9-11H2. The first kappa shape index (κ1) is 17.8. The van der Waals surface area contributed by atoms with Crippen LogP contribution in [0, 0.1) is 0 Å². The second-order valence-electron chi connectivity index (χ2n) is 5.77. The fourth-order valence-corrected chi connectivity index (χ4v) is 2.83. The van der Waals surface area contributed by atoms with Gasteiger partial charge in [-0.05, 0) is 23.8 Å². The van der Waals surface area contributed by atoms with Crippen LogP contribution < -0.4 is 5.32 Å². The van der Waals surface area contributed by atoms with Gasteiger partial charge in [-0.3, -0.25) is 0 Å². The molecule has 3 nitrogen and oxygen atoms in total. The van der Waals surface area contributed by atoms with Gasteiger partial charge >= 0.3 is 6.18 Å².